The number of carbonyl (C=O) groups excluding carboxylic acids is 1. The monoisotopic (exact) mass is 401 g/mol. The first kappa shape index (κ1) is 19.0. The molecule has 8 heteroatoms. The van der Waals surface area contributed by atoms with Crippen LogP contribution in [0.1, 0.15) is 16.8 Å². The van der Waals surface area contributed by atoms with E-state index in [1.807, 2.05) is 34.1 Å². The van der Waals surface area contributed by atoms with Gasteiger partial charge in [0.15, 0.2) is 0 Å². The number of benzene rings is 1. The predicted octanol–water partition coefficient (Wildman–Crippen LogP) is 2.59. The van der Waals surface area contributed by atoms with Crippen molar-refractivity contribution in [1.82, 2.24) is 19.8 Å². The molecule has 0 spiro atoms. The number of urea groups is 1. The fourth-order valence-corrected chi connectivity index (χ4v) is 3.86. The minimum absolute atomic E-state index is 0.0693. The van der Waals surface area contributed by atoms with Gasteiger partial charge in [-0.1, -0.05) is 29.8 Å². The average molecular weight is 402 g/mol. The van der Waals surface area contributed by atoms with Crippen molar-refractivity contribution in [1.29, 1.82) is 0 Å². The van der Waals surface area contributed by atoms with Crippen LogP contribution in [0, 0.1) is 0 Å². The van der Waals surface area contributed by atoms with Crippen LogP contribution in [0.4, 0.5) is 10.6 Å². The van der Waals surface area contributed by atoms with Crippen LogP contribution < -0.4 is 5.32 Å². The van der Waals surface area contributed by atoms with Crippen LogP contribution in [0.3, 0.4) is 0 Å². The van der Waals surface area contributed by atoms with E-state index in [9.17, 15) is 4.79 Å². The number of anilines is 1. The lowest BCUT2D eigenvalue weighted by Gasteiger charge is -2.35. The quantitative estimate of drug-likeness (QED) is 0.852. The van der Waals surface area contributed by atoms with Crippen molar-refractivity contribution in [3.8, 4) is 0 Å². The van der Waals surface area contributed by atoms with Crippen LogP contribution >= 0.6 is 11.6 Å². The Hall–Kier alpha value is -2.38. The van der Waals surface area contributed by atoms with Gasteiger partial charge in [0.05, 0.1) is 25.5 Å². The second-order valence-corrected chi connectivity index (χ2v) is 7.38. The van der Waals surface area contributed by atoms with Crippen molar-refractivity contribution < 1.29 is 9.53 Å². The van der Waals surface area contributed by atoms with Gasteiger partial charge in [-0.3, -0.25) is 0 Å². The van der Waals surface area contributed by atoms with Gasteiger partial charge in [0, 0.05) is 43.2 Å². The molecule has 0 saturated carbocycles. The summed E-state index contributed by atoms with van der Waals surface area (Å²) in [7, 11) is 0. The summed E-state index contributed by atoms with van der Waals surface area (Å²) in [6.45, 7) is 4.43. The number of nitrogens with zero attached hydrogens (tertiary/aromatic N) is 4. The van der Waals surface area contributed by atoms with Gasteiger partial charge in [0.2, 0.25) is 0 Å². The van der Waals surface area contributed by atoms with Crippen molar-refractivity contribution in [2.75, 3.05) is 44.7 Å². The lowest BCUT2D eigenvalue weighted by atomic mass is 10.1. The molecular formula is C20H24ClN5O2. The molecule has 0 bridgehead atoms. The van der Waals surface area contributed by atoms with Crippen LogP contribution in [0.2, 0.25) is 5.02 Å². The molecule has 1 aromatic carbocycles. The lowest BCUT2D eigenvalue weighted by Crippen LogP contribution is -2.49. The minimum Gasteiger partial charge on any atom is -0.378 e. The van der Waals surface area contributed by atoms with E-state index in [0.29, 0.717) is 45.9 Å². The molecule has 2 aliphatic heterocycles. The summed E-state index contributed by atoms with van der Waals surface area (Å²) in [6, 6.07) is 7.92. The summed E-state index contributed by atoms with van der Waals surface area (Å²) < 4.78 is 5.35. The van der Waals surface area contributed by atoms with E-state index in [1.54, 1.807) is 6.33 Å². The number of morpholine rings is 1. The number of aromatic nitrogens is 2. The van der Waals surface area contributed by atoms with Gasteiger partial charge in [-0.25, -0.2) is 14.8 Å². The topological polar surface area (TPSA) is 70.6 Å². The molecule has 0 atom stereocenters. The fourth-order valence-electron chi connectivity index (χ4n) is 3.63. The Kier molecular flexibility index (Phi) is 5.92. The molecule has 0 aliphatic carbocycles. The van der Waals surface area contributed by atoms with Crippen molar-refractivity contribution in [3.05, 3.63) is 52.4 Å². The third-order valence-electron chi connectivity index (χ3n) is 5.20. The number of rotatable bonds is 4. The van der Waals surface area contributed by atoms with Crippen molar-refractivity contribution in [2.45, 2.75) is 19.4 Å². The Labute approximate surface area is 169 Å². The highest BCUT2D eigenvalue weighted by Gasteiger charge is 2.28. The summed E-state index contributed by atoms with van der Waals surface area (Å²) in [4.78, 5) is 25.4. The fraction of sp³-hybridized carbons (Fsp3) is 0.450. The number of hydrogen-bond acceptors (Lipinski definition) is 5. The highest BCUT2D eigenvalue weighted by atomic mass is 35.5. The number of halogens is 1. The molecule has 0 unspecified atom stereocenters. The number of ether oxygens (including phenoxy) is 1. The molecule has 1 saturated heterocycles. The van der Waals surface area contributed by atoms with Crippen molar-refractivity contribution in [3.63, 3.8) is 0 Å². The third-order valence-corrected chi connectivity index (χ3v) is 5.57. The molecule has 2 amide bonds. The summed E-state index contributed by atoms with van der Waals surface area (Å²) in [5.74, 6) is 0.802. The molecule has 2 aliphatic rings. The molecule has 0 radical (unpaired) electrons. The lowest BCUT2D eigenvalue weighted by molar-refractivity contribution is 0.0421. The molecule has 7 nitrogen and oxygen atoms in total. The maximum absolute atomic E-state index is 12.8. The smallest absolute Gasteiger partial charge is 0.320 e. The molecule has 1 fully saturated rings. The van der Waals surface area contributed by atoms with Crippen LogP contribution in [0.15, 0.2) is 30.6 Å². The zero-order valence-corrected chi connectivity index (χ0v) is 16.5. The summed E-state index contributed by atoms with van der Waals surface area (Å²) in [5, 5.41) is 4.18. The molecule has 2 aromatic rings. The van der Waals surface area contributed by atoms with E-state index in [4.69, 9.17) is 16.3 Å². The maximum atomic E-state index is 12.8. The first-order chi connectivity index (χ1) is 13.7. The Morgan fingerprint density at radius 1 is 1.14 bits per heavy atom. The van der Waals surface area contributed by atoms with Crippen molar-refractivity contribution in [2.24, 2.45) is 0 Å². The second-order valence-electron chi connectivity index (χ2n) is 6.97. The molecule has 28 heavy (non-hydrogen) atoms. The summed E-state index contributed by atoms with van der Waals surface area (Å²) in [5.41, 5.74) is 3.12. The number of fused-ring (bicyclic) bond motifs is 1. The van der Waals surface area contributed by atoms with Gasteiger partial charge in [0.25, 0.3) is 0 Å². The second kappa shape index (κ2) is 8.75. The average Bonchev–Trinajstić information content (AvgIpc) is 2.75. The Morgan fingerprint density at radius 2 is 1.96 bits per heavy atom. The van der Waals surface area contributed by atoms with Gasteiger partial charge in [-0.05, 0) is 18.1 Å². The first-order valence-electron chi connectivity index (χ1n) is 9.64. The number of amides is 2. The van der Waals surface area contributed by atoms with E-state index in [-0.39, 0.29) is 6.03 Å². The predicted molar refractivity (Wildman–Crippen MR) is 108 cm³/mol. The van der Waals surface area contributed by atoms with Crippen LogP contribution in [-0.2, 0) is 24.1 Å². The zero-order valence-electron chi connectivity index (χ0n) is 15.7. The van der Waals surface area contributed by atoms with E-state index >= 15 is 0 Å². The van der Waals surface area contributed by atoms with Gasteiger partial charge < -0.3 is 19.9 Å². The molecule has 4 rings (SSSR count). The Balaban J connectivity index is 1.42. The first-order valence-corrected chi connectivity index (χ1v) is 10.0. The molecule has 3 heterocycles. The normalized spacial score (nSPS) is 16.6. The SMILES string of the molecule is O=C(N1CCOCC1)N1CCc2ncnc(NCCc3ccccc3Cl)c2C1. The van der Waals surface area contributed by atoms with E-state index in [2.05, 4.69) is 15.3 Å². The van der Waals surface area contributed by atoms with E-state index in [0.717, 1.165) is 40.5 Å². The molecule has 1 aromatic heterocycles. The van der Waals surface area contributed by atoms with Crippen molar-refractivity contribution >= 4 is 23.4 Å². The van der Waals surface area contributed by atoms with Gasteiger partial charge >= 0.3 is 6.03 Å². The van der Waals surface area contributed by atoms with Crippen LogP contribution in [0.25, 0.3) is 0 Å². The maximum Gasteiger partial charge on any atom is 0.320 e. The number of carbonyl (C=O) groups is 1. The van der Waals surface area contributed by atoms with Gasteiger partial charge in [0.1, 0.15) is 12.1 Å². The summed E-state index contributed by atoms with van der Waals surface area (Å²) in [6.07, 6.45) is 3.14. The minimum atomic E-state index is 0.0693. The zero-order chi connectivity index (χ0) is 19.3. The Morgan fingerprint density at radius 3 is 2.79 bits per heavy atom. The Bertz CT molecular complexity index is 841. The number of nitrogens with one attached hydrogen (secondary N) is 1. The van der Waals surface area contributed by atoms with Crippen LogP contribution in [-0.4, -0.2) is 65.2 Å². The van der Waals surface area contributed by atoms with Gasteiger partial charge in [-0.2, -0.15) is 0 Å². The van der Waals surface area contributed by atoms with E-state index < -0.39 is 0 Å². The van der Waals surface area contributed by atoms with Crippen LogP contribution in [0.5, 0.6) is 0 Å². The third kappa shape index (κ3) is 4.20. The summed E-state index contributed by atoms with van der Waals surface area (Å²) >= 11 is 6.24. The largest absolute Gasteiger partial charge is 0.378 e. The van der Waals surface area contributed by atoms with Gasteiger partial charge in [-0.15, -0.1) is 0 Å². The molecular weight excluding hydrogens is 378 g/mol. The number of hydrogen-bond donors (Lipinski definition) is 1. The molecule has 1 N–H and O–H groups in total. The van der Waals surface area contributed by atoms with E-state index in [1.165, 1.54) is 0 Å². The highest BCUT2D eigenvalue weighted by molar-refractivity contribution is 6.31. The highest BCUT2D eigenvalue weighted by Crippen LogP contribution is 2.24. The molecule has 148 valence electrons. The standard InChI is InChI=1S/C20H24ClN5O2/c21-17-4-2-1-3-15(17)5-7-22-19-16-13-26(8-6-18(16)23-14-24-19)20(27)25-9-11-28-12-10-25/h1-4,14H,5-13H2,(H,22,23,24).